The predicted octanol–water partition coefficient (Wildman–Crippen LogP) is 4.74. The first-order chi connectivity index (χ1) is 17.2. The molecule has 3 aliphatic rings. The molecule has 36 heavy (non-hydrogen) atoms. The number of carbonyl (C=O) groups excluding carboxylic acids is 1. The molecule has 1 aliphatic carbocycles. The first-order valence-electron chi connectivity index (χ1n) is 12.5. The van der Waals surface area contributed by atoms with Crippen LogP contribution >= 0.6 is 0 Å². The van der Waals surface area contributed by atoms with Crippen molar-refractivity contribution in [1.82, 2.24) is 4.90 Å². The molecule has 1 saturated carbocycles. The number of fused-ring (bicyclic) bond motifs is 1. The lowest BCUT2D eigenvalue weighted by atomic mass is 9.73. The number of piperidine rings is 1. The molecule has 3 fully saturated rings. The number of alkyl halides is 3. The van der Waals surface area contributed by atoms with E-state index in [-0.39, 0.29) is 18.4 Å². The molecule has 2 heterocycles. The van der Waals surface area contributed by atoms with Gasteiger partial charge in [-0.15, -0.1) is 0 Å². The number of aliphatic hydroxyl groups is 1. The standard InChI is InChI=1S/C28H30F3N3O2/c29-28(30,31)24-14-23(9-8-20(24)15-32)33-13-10-22-16-34(18-26(22,17-33)19-35)25(36)27(11-4-5-12-27)21-6-2-1-3-7-21/h1-3,6-9,14,22,35H,4-5,10-13,16-19H2/t22-,26+/m1/s1. The van der Waals surface area contributed by atoms with E-state index >= 15 is 0 Å². The number of rotatable bonds is 4. The molecule has 0 radical (unpaired) electrons. The largest absolute Gasteiger partial charge is 0.417 e. The Hall–Kier alpha value is -3.05. The van der Waals surface area contributed by atoms with Crippen molar-refractivity contribution in [3.8, 4) is 6.07 Å². The van der Waals surface area contributed by atoms with Crippen molar-refractivity contribution < 1.29 is 23.1 Å². The van der Waals surface area contributed by atoms with E-state index in [0.717, 1.165) is 37.3 Å². The number of nitriles is 1. The average molecular weight is 498 g/mol. The Morgan fingerprint density at radius 2 is 1.83 bits per heavy atom. The zero-order valence-electron chi connectivity index (χ0n) is 20.1. The maximum atomic E-state index is 14.0. The fourth-order valence-electron chi connectivity index (χ4n) is 6.71. The minimum absolute atomic E-state index is 0.0809. The highest BCUT2D eigenvalue weighted by Crippen LogP contribution is 2.48. The third-order valence-electron chi connectivity index (χ3n) is 8.65. The molecule has 2 saturated heterocycles. The van der Waals surface area contributed by atoms with Crippen LogP contribution in [0.15, 0.2) is 48.5 Å². The zero-order chi connectivity index (χ0) is 25.6. The minimum atomic E-state index is -4.63. The summed E-state index contributed by atoms with van der Waals surface area (Å²) >= 11 is 0. The number of amides is 1. The topological polar surface area (TPSA) is 67.6 Å². The van der Waals surface area contributed by atoms with Crippen molar-refractivity contribution in [2.24, 2.45) is 11.3 Å². The number of benzene rings is 2. The van der Waals surface area contributed by atoms with Crippen molar-refractivity contribution in [1.29, 1.82) is 5.26 Å². The molecular formula is C28H30F3N3O2. The zero-order valence-corrected chi connectivity index (χ0v) is 20.1. The average Bonchev–Trinajstić information content (AvgIpc) is 3.54. The molecule has 1 N–H and O–H groups in total. The third kappa shape index (κ3) is 4.03. The molecule has 5 nitrogen and oxygen atoms in total. The SMILES string of the molecule is N#Cc1ccc(N2CC[C@@H]3CN(C(=O)C4(c5ccccc5)CCCC4)C[C@]3(CO)C2)cc1C(F)(F)F. The van der Waals surface area contributed by atoms with Crippen LogP contribution in [0, 0.1) is 22.7 Å². The number of nitrogens with zero attached hydrogens (tertiary/aromatic N) is 3. The summed E-state index contributed by atoms with van der Waals surface area (Å²) in [4.78, 5) is 17.8. The molecule has 2 atom stereocenters. The summed E-state index contributed by atoms with van der Waals surface area (Å²) in [5.41, 5.74) is -1.07. The van der Waals surface area contributed by atoms with E-state index < -0.39 is 28.1 Å². The van der Waals surface area contributed by atoms with Crippen LogP contribution in [0.25, 0.3) is 0 Å². The number of anilines is 1. The second-order valence-electron chi connectivity index (χ2n) is 10.6. The lowest BCUT2D eigenvalue weighted by molar-refractivity contribution is -0.138. The van der Waals surface area contributed by atoms with E-state index in [0.29, 0.717) is 38.3 Å². The quantitative estimate of drug-likeness (QED) is 0.663. The van der Waals surface area contributed by atoms with Gasteiger partial charge in [0.2, 0.25) is 5.91 Å². The van der Waals surface area contributed by atoms with Gasteiger partial charge in [0, 0.05) is 37.3 Å². The van der Waals surface area contributed by atoms with Gasteiger partial charge >= 0.3 is 6.18 Å². The molecule has 2 aliphatic heterocycles. The fourth-order valence-corrected chi connectivity index (χ4v) is 6.71. The van der Waals surface area contributed by atoms with E-state index in [1.54, 1.807) is 12.1 Å². The van der Waals surface area contributed by atoms with Gasteiger partial charge < -0.3 is 14.9 Å². The lowest BCUT2D eigenvalue weighted by Crippen LogP contribution is -2.51. The van der Waals surface area contributed by atoms with Crippen LogP contribution in [0.2, 0.25) is 0 Å². The molecule has 0 unspecified atom stereocenters. The molecule has 1 amide bonds. The lowest BCUT2D eigenvalue weighted by Gasteiger charge is -2.44. The first kappa shape index (κ1) is 24.6. The van der Waals surface area contributed by atoms with Crippen LogP contribution in [0.3, 0.4) is 0 Å². The van der Waals surface area contributed by atoms with Crippen molar-refractivity contribution in [3.05, 3.63) is 65.2 Å². The molecule has 0 spiro atoms. The number of hydrogen-bond acceptors (Lipinski definition) is 4. The van der Waals surface area contributed by atoms with E-state index in [1.165, 1.54) is 6.07 Å². The van der Waals surface area contributed by atoms with Crippen molar-refractivity contribution in [3.63, 3.8) is 0 Å². The van der Waals surface area contributed by atoms with Crippen molar-refractivity contribution in [2.45, 2.75) is 43.7 Å². The minimum Gasteiger partial charge on any atom is -0.396 e. The molecule has 190 valence electrons. The van der Waals surface area contributed by atoms with E-state index in [9.17, 15) is 23.1 Å². The van der Waals surface area contributed by atoms with E-state index in [2.05, 4.69) is 0 Å². The molecule has 2 aromatic rings. The summed E-state index contributed by atoms with van der Waals surface area (Å²) < 4.78 is 40.6. The van der Waals surface area contributed by atoms with Gasteiger partial charge in [-0.2, -0.15) is 18.4 Å². The van der Waals surface area contributed by atoms with Crippen LogP contribution < -0.4 is 4.90 Å². The Balaban J connectivity index is 1.41. The van der Waals surface area contributed by atoms with Gasteiger partial charge in [-0.05, 0) is 48.9 Å². The summed E-state index contributed by atoms with van der Waals surface area (Å²) in [5.74, 6) is 0.190. The van der Waals surface area contributed by atoms with Gasteiger partial charge in [0.1, 0.15) is 0 Å². The van der Waals surface area contributed by atoms with Crippen LogP contribution in [0.5, 0.6) is 0 Å². The van der Waals surface area contributed by atoms with Crippen LogP contribution in [-0.4, -0.2) is 48.7 Å². The number of hydrogen-bond donors (Lipinski definition) is 1. The molecule has 2 aromatic carbocycles. The van der Waals surface area contributed by atoms with Crippen molar-refractivity contribution in [2.75, 3.05) is 37.7 Å². The first-order valence-corrected chi connectivity index (χ1v) is 12.5. The summed E-state index contributed by atoms with van der Waals surface area (Å²) in [6.07, 6.45) is -0.350. The van der Waals surface area contributed by atoms with Gasteiger partial charge in [0.15, 0.2) is 0 Å². The highest BCUT2D eigenvalue weighted by atomic mass is 19.4. The Morgan fingerprint density at radius 3 is 2.47 bits per heavy atom. The summed E-state index contributed by atoms with van der Waals surface area (Å²) in [6.45, 7) is 1.70. The maximum absolute atomic E-state index is 14.0. The van der Waals surface area contributed by atoms with Crippen LogP contribution in [-0.2, 0) is 16.4 Å². The highest BCUT2D eigenvalue weighted by Gasteiger charge is 2.54. The molecule has 0 aromatic heterocycles. The second-order valence-corrected chi connectivity index (χ2v) is 10.6. The third-order valence-corrected chi connectivity index (χ3v) is 8.65. The molecular weight excluding hydrogens is 467 g/mol. The Bertz CT molecular complexity index is 1170. The van der Waals surface area contributed by atoms with E-state index in [1.807, 2.05) is 40.1 Å². The van der Waals surface area contributed by atoms with Crippen LogP contribution in [0.1, 0.15) is 48.8 Å². The van der Waals surface area contributed by atoms with E-state index in [4.69, 9.17) is 5.26 Å². The Morgan fingerprint density at radius 1 is 1.11 bits per heavy atom. The van der Waals surface area contributed by atoms with Gasteiger partial charge in [-0.25, -0.2) is 0 Å². The van der Waals surface area contributed by atoms with Gasteiger partial charge in [-0.1, -0.05) is 43.2 Å². The molecule has 8 heteroatoms. The van der Waals surface area contributed by atoms with Gasteiger partial charge in [-0.3, -0.25) is 4.79 Å². The normalized spacial score (nSPS) is 25.5. The fraction of sp³-hybridized carbons (Fsp3) is 0.500. The molecule has 5 rings (SSSR count). The summed E-state index contributed by atoms with van der Waals surface area (Å²) in [6, 6.07) is 15.3. The van der Waals surface area contributed by atoms with Crippen molar-refractivity contribution >= 4 is 11.6 Å². The maximum Gasteiger partial charge on any atom is 0.417 e. The number of halogens is 3. The monoisotopic (exact) mass is 497 g/mol. The second kappa shape index (κ2) is 9.11. The highest BCUT2D eigenvalue weighted by molar-refractivity contribution is 5.89. The molecule has 0 bridgehead atoms. The Labute approximate surface area is 209 Å². The number of likely N-dealkylation sites (tertiary alicyclic amines) is 1. The number of carbonyl (C=O) groups is 1. The summed E-state index contributed by atoms with van der Waals surface area (Å²) in [7, 11) is 0. The van der Waals surface area contributed by atoms with Crippen LogP contribution in [0.4, 0.5) is 18.9 Å². The number of aliphatic hydroxyl groups excluding tert-OH is 1. The smallest absolute Gasteiger partial charge is 0.396 e. The predicted molar refractivity (Wildman–Crippen MR) is 129 cm³/mol. The Kier molecular flexibility index (Phi) is 6.24. The van der Waals surface area contributed by atoms with Gasteiger partial charge in [0.25, 0.3) is 0 Å². The summed E-state index contributed by atoms with van der Waals surface area (Å²) in [5, 5.41) is 19.7. The van der Waals surface area contributed by atoms with Gasteiger partial charge in [0.05, 0.1) is 29.2 Å².